The van der Waals surface area contributed by atoms with Gasteiger partial charge >= 0.3 is 0 Å². The Hall–Kier alpha value is -3.41. The number of benzene rings is 3. The van der Waals surface area contributed by atoms with Crippen molar-refractivity contribution in [3.63, 3.8) is 0 Å². The first-order valence-corrected chi connectivity index (χ1v) is 11.8. The van der Waals surface area contributed by atoms with Gasteiger partial charge in [-0.25, -0.2) is 4.98 Å². The van der Waals surface area contributed by atoms with Gasteiger partial charge < -0.3 is 14.2 Å². The van der Waals surface area contributed by atoms with E-state index in [0.717, 1.165) is 83.2 Å². The minimum absolute atomic E-state index is 0.632. The number of fused-ring (bicyclic) bond motifs is 1. The van der Waals surface area contributed by atoms with Crippen molar-refractivity contribution >= 4 is 10.9 Å². The van der Waals surface area contributed by atoms with Crippen molar-refractivity contribution in [3.05, 3.63) is 78.4 Å². The van der Waals surface area contributed by atoms with E-state index in [0.29, 0.717) is 6.61 Å². The summed E-state index contributed by atoms with van der Waals surface area (Å²) < 4.78 is 16.9. The molecule has 1 aliphatic rings. The van der Waals surface area contributed by atoms with E-state index in [1.807, 2.05) is 37.3 Å². The summed E-state index contributed by atoms with van der Waals surface area (Å²) in [6.45, 7) is 6.77. The molecule has 0 saturated carbocycles. The van der Waals surface area contributed by atoms with Gasteiger partial charge in [0.1, 0.15) is 11.5 Å². The molecule has 0 atom stereocenters. The SMILES string of the molecule is CCOc1cccc(-c2cc(-c3[c]c(CN4CCOCC4)c(OC)cc3)c3ccccc3n2)c1. The lowest BCUT2D eigenvalue weighted by Gasteiger charge is -2.27. The zero-order valence-corrected chi connectivity index (χ0v) is 19.7. The van der Waals surface area contributed by atoms with E-state index < -0.39 is 0 Å². The van der Waals surface area contributed by atoms with Crippen LogP contribution in [0.1, 0.15) is 12.5 Å². The summed E-state index contributed by atoms with van der Waals surface area (Å²) in [4.78, 5) is 7.35. The molecule has 0 unspecified atom stereocenters. The molecule has 3 aromatic carbocycles. The highest BCUT2D eigenvalue weighted by Crippen LogP contribution is 2.35. The van der Waals surface area contributed by atoms with Gasteiger partial charge in [-0.1, -0.05) is 36.4 Å². The van der Waals surface area contributed by atoms with Crippen molar-refractivity contribution in [2.45, 2.75) is 13.5 Å². The Labute approximate surface area is 200 Å². The van der Waals surface area contributed by atoms with Crippen LogP contribution in [0.4, 0.5) is 0 Å². The third-order valence-electron chi connectivity index (χ3n) is 6.14. The monoisotopic (exact) mass is 453 g/mol. The van der Waals surface area contributed by atoms with Crippen LogP contribution in [0.2, 0.25) is 0 Å². The number of para-hydroxylation sites is 1. The van der Waals surface area contributed by atoms with Gasteiger partial charge in [-0.2, -0.15) is 0 Å². The van der Waals surface area contributed by atoms with Crippen molar-refractivity contribution in [1.82, 2.24) is 9.88 Å². The lowest BCUT2D eigenvalue weighted by atomic mass is 9.96. The Kier molecular flexibility index (Phi) is 6.74. The zero-order valence-electron chi connectivity index (χ0n) is 19.7. The van der Waals surface area contributed by atoms with Gasteiger partial charge in [-0.3, -0.25) is 4.90 Å². The molecule has 2 heterocycles. The minimum atomic E-state index is 0.632. The molecule has 1 radical (unpaired) electrons. The van der Waals surface area contributed by atoms with E-state index >= 15 is 0 Å². The third kappa shape index (κ3) is 4.76. The zero-order chi connectivity index (χ0) is 23.3. The van der Waals surface area contributed by atoms with Gasteiger partial charge in [0.05, 0.1) is 38.1 Å². The number of hydrogen-bond donors (Lipinski definition) is 0. The number of morpholine rings is 1. The maximum atomic E-state index is 5.72. The molecule has 0 spiro atoms. The average molecular weight is 454 g/mol. The van der Waals surface area contributed by atoms with Crippen molar-refractivity contribution in [2.75, 3.05) is 40.0 Å². The van der Waals surface area contributed by atoms with E-state index in [-0.39, 0.29) is 0 Å². The topological polar surface area (TPSA) is 43.8 Å². The fraction of sp³-hybridized carbons (Fsp3) is 0.276. The number of hydrogen-bond acceptors (Lipinski definition) is 5. The first-order valence-electron chi connectivity index (χ1n) is 11.8. The maximum absolute atomic E-state index is 5.72. The summed E-state index contributed by atoms with van der Waals surface area (Å²) in [5.41, 5.74) is 6.09. The van der Waals surface area contributed by atoms with Gasteiger partial charge in [0, 0.05) is 36.1 Å². The molecule has 5 nitrogen and oxygen atoms in total. The predicted octanol–water partition coefficient (Wildman–Crippen LogP) is 5.61. The molecule has 4 aromatic rings. The summed E-state index contributed by atoms with van der Waals surface area (Å²) in [6, 6.07) is 26.3. The molecule has 1 aliphatic heterocycles. The van der Waals surface area contributed by atoms with Crippen LogP contribution in [0.15, 0.2) is 66.7 Å². The fourth-order valence-corrected chi connectivity index (χ4v) is 4.43. The number of pyridine rings is 1. The largest absolute Gasteiger partial charge is 0.496 e. The standard InChI is InChI=1S/C29H29N2O3/c1-3-34-24-8-6-7-22(18-24)28-19-26(25-9-4-5-10-27(25)30-28)21-11-12-29(32-2)23(17-21)20-31-13-15-33-16-14-31/h4-12,18-19H,3,13-16,20H2,1-2H3. The highest BCUT2D eigenvalue weighted by Gasteiger charge is 2.16. The first kappa shape index (κ1) is 22.4. The molecular weight excluding hydrogens is 424 g/mol. The Morgan fingerprint density at radius 3 is 2.68 bits per heavy atom. The fourth-order valence-electron chi connectivity index (χ4n) is 4.43. The van der Waals surface area contributed by atoms with Crippen LogP contribution in [0.25, 0.3) is 33.3 Å². The Balaban J connectivity index is 1.60. The van der Waals surface area contributed by atoms with Crippen molar-refractivity contribution < 1.29 is 14.2 Å². The summed E-state index contributed by atoms with van der Waals surface area (Å²) >= 11 is 0. The molecule has 5 heteroatoms. The molecule has 5 rings (SSSR count). The minimum Gasteiger partial charge on any atom is -0.496 e. The summed E-state index contributed by atoms with van der Waals surface area (Å²) in [6.07, 6.45) is 0. The lowest BCUT2D eigenvalue weighted by molar-refractivity contribution is 0.0338. The molecule has 1 aromatic heterocycles. The van der Waals surface area contributed by atoms with Crippen LogP contribution in [-0.4, -0.2) is 49.9 Å². The van der Waals surface area contributed by atoms with Crippen LogP contribution in [0, 0.1) is 6.07 Å². The Bertz CT molecular complexity index is 1280. The van der Waals surface area contributed by atoms with E-state index in [9.17, 15) is 0 Å². The van der Waals surface area contributed by atoms with E-state index in [1.165, 1.54) is 0 Å². The predicted molar refractivity (Wildman–Crippen MR) is 135 cm³/mol. The van der Waals surface area contributed by atoms with Crippen molar-refractivity contribution in [1.29, 1.82) is 0 Å². The van der Waals surface area contributed by atoms with Crippen LogP contribution in [0.5, 0.6) is 11.5 Å². The smallest absolute Gasteiger partial charge is 0.124 e. The second-order valence-corrected chi connectivity index (χ2v) is 8.34. The summed E-state index contributed by atoms with van der Waals surface area (Å²) in [5.74, 6) is 1.71. The van der Waals surface area contributed by atoms with Gasteiger partial charge in [0.2, 0.25) is 0 Å². The number of ether oxygens (including phenoxy) is 3. The van der Waals surface area contributed by atoms with E-state index in [2.05, 4.69) is 47.4 Å². The van der Waals surface area contributed by atoms with Crippen LogP contribution < -0.4 is 9.47 Å². The van der Waals surface area contributed by atoms with E-state index in [1.54, 1.807) is 7.11 Å². The maximum Gasteiger partial charge on any atom is 0.124 e. The molecule has 0 bridgehead atoms. The molecular formula is C29H29N2O3. The molecule has 1 fully saturated rings. The molecule has 34 heavy (non-hydrogen) atoms. The van der Waals surface area contributed by atoms with Gasteiger partial charge in [-0.05, 0) is 54.4 Å². The van der Waals surface area contributed by atoms with Gasteiger partial charge in [-0.15, -0.1) is 0 Å². The molecule has 173 valence electrons. The van der Waals surface area contributed by atoms with Crippen LogP contribution in [0.3, 0.4) is 0 Å². The molecule has 0 N–H and O–H groups in total. The van der Waals surface area contributed by atoms with E-state index in [4.69, 9.17) is 19.2 Å². The van der Waals surface area contributed by atoms with Crippen molar-refractivity contribution in [2.24, 2.45) is 0 Å². The third-order valence-corrected chi connectivity index (χ3v) is 6.14. The quantitative estimate of drug-likeness (QED) is 0.364. The Morgan fingerprint density at radius 1 is 1.00 bits per heavy atom. The molecule has 0 amide bonds. The van der Waals surface area contributed by atoms with Gasteiger partial charge in [0.15, 0.2) is 0 Å². The normalized spacial score (nSPS) is 14.3. The Morgan fingerprint density at radius 2 is 1.85 bits per heavy atom. The lowest BCUT2D eigenvalue weighted by Crippen LogP contribution is -2.35. The average Bonchev–Trinajstić information content (AvgIpc) is 2.89. The molecule has 0 aliphatic carbocycles. The highest BCUT2D eigenvalue weighted by molar-refractivity contribution is 5.96. The highest BCUT2D eigenvalue weighted by atomic mass is 16.5. The number of rotatable bonds is 7. The summed E-state index contributed by atoms with van der Waals surface area (Å²) in [7, 11) is 1.72. The second-order valence-electron chi connectivity index (χ2n) is 8.34. The summed E-state index contributed by atoms with van der Waals surface area (Å²) in [5, 5.41) is 1.10. The van der Waals surface area contributed by atoms with Crippen LogP contribution >= 0.6 is 0 Å². The number of aromatic nitrogens is 1. The number of nitrogens with zero attached hydrogens (tertiary/aromatic N) is 2. The van der Waals surface area contributed by atoms with Crippen molar-refractivity contribution in [3.8, 4) is 33.9 Å². The van der Waals surface area contributed by atoms with Gasteiger partial charge in [0.25, 0.3) is 0 Å². The first-order chi connectivity index (χ1) is 16.7. The molecule has 1 saturated heterocycles. The van der Waals surface area contributed by atoms with Crippen LogP contribution in [-0.2, 0) is 11.3 Å². The second kappa shape index (κ2) is 10.2. The number of methoxy groups -OCH3 is 1.